The van der Waals surface area contributed by atoms with E-state index in [0.717, 1.165) is 0 Å². The van der Waals surface area contributed by atoms with Crippen LogP contribution in [0.25, 0.3) is 11.1 Å². The number of carbonyl (C=O) groups excluding carboxylic acids is 1. The minimum Gasteiger partial charge on any atom is -0.475 e. The van der Waals surface area contributed by atoms with Gasteiger partial charge in [-0.15, -0.1) is 0 Å². The molecule has 118 valence electrons. The second-order valence-electron chi connectivity index (χ2n) is 4.78. The Morgan fingerprint density at radius 1 is 1.09 bits per heavy atom. The normalized spacial score (nSPS) is 11.9. The third-order valence-corrected chi connectivity index (χ3v) is 3.16. The van der Waals surface area contributed by atoms with Crippen molar-refractivity contribution in [3.05, 3.63) is 48.5 Å². The number of hydrogen-bond acceptors (Lipinski definition) is 6. The first-order chi connectivity index (χ1) is 11.2. The van der Waals surface area contributed by atoms with Crippen LogP contribution in [-0.4, -0.2) is 24.2 Å². The van der Waals surface area contributed by atoms with Gasteiger partial charge in [0.25, 0.3) is 0 Å². The van der Waals surface area contributed by atoms with Crippen LogP contribution in [0.4, 0.5) is 0 Å². The summed E-state index contributed by atoms with van der Waals surface area (Å²) in [5.41, 5.74) is 1.33. The Morgan fingerprint density at radius 3 is 2.52 bits per heavy atom. The van der Waals surface area contributed by atoms with Crippen molar-refractivity contribution < 1.29 is 23.4 Å². The van der Waals surface area contributed by atoms with Gasteiger partial charge in [-0.1, -0.05) is 24.3 Å². The summed E-state index contributed by atoms with van der Waals surface area (Å²) in [6.45, 7) is 1.60. The van der Waals surface area contributed by atoms with Gasteiger partial charge in [-0.05, 0) is 31.2 Å². The van der Waals surface area contributed by atoms with Gasteiger partial charge in [0.05, 0.1) is 7.11 Å². The van der Waals surface area contributed by atoms with Crippen LogP contribution in [0.15, 0.2) is 52.9 Å². The standard InChI is InChI=1S/C17H15NO5/c1-11(16(19)20-2)21-14-9-5-6-10-15(14)23-17-18-12-7-3-4-8-13(12)22-17/h3-11H,1-2H3. The van der Waals surface area contributed by atoms with Gasteiger partial charge in [0.1, 0.15) is 5.52 Å². The van der Waals surface area contributed by atoms with Crippen molar-refractivity contribution in [3.63, 3.8) is 0 Å². The van der Waals surface area contributed by atoms with E-state index >= 15 is 0 Å². The fraction of sp³-hybridized carbons (Fsp3) is 0.176. The molecule has 1 unspecified atom stereocenters. The molecule has 0 fully saturated rings. The lowest BCUT2D eigenvalue weighted by atomic mass is 10.3. The number of para-hydroxylation sites is 4. The number of carbonyl (C=O) groups is 1. The third kappa shape index (κ3) is 3.26. The number of esters is 1. The third-order valence-electron chi connectivity index (χ3n) is 3.16. The minimum atomic E-state index is -0.756. The van der Waals surface area contributed by atoms with Gasteiger partial charge in [-0.25, -0.2) is 4.79 Å². The van der Waals surface area contributed by atoms with Gasteiger partial charge in [0.15, 0.2) is 23.2 Å². The number of fused-ring (bicyclic) bond motifs is 1. The topological polar surface area (TPSA) is 70.8 Å². The number of benzene rings is 2. The summed E-state index contributed by atoms with van der Waals surface area (Å²) in [7, 11) is 1.31. The highest BCUT2D eigenvalue weighted by Crippen LogP contribution is 2.33. The van der Waals surface area contributed by atoms with E-state index in [1.54, 1.807) is 37.3 Å². The van der Waals surface area contributed by atoms with Crippen molar-refractivity contribution in [1.82, 2.24) is 4.98 Å². The van der Waals surface area contributed by atoms with E-state index in [-0.39, 0.29) is 6.08 Å². The van der Waals surface area contributed by atoms with E-state index in [4.69, 9.17) is 13.9 Å². The first-order valence-electron chi connectivity index (χ1n) is 7.04. The molecule has 2 aromatic carbocycles. The van der Waals surface area contributed by atoms with Crippen molar-refractivity contribution in [1.29, 1.82) is 0 Å². The van der Waals surface area contributed by atoms with Crippen molar-refractivity contribution >= 4 is 17.1 Å². The van der Waals surface area contributed by atoms with Crippen LogP contribution < -0.4 is 9.47 Å². The van der Waals surface area contributed by atoms with Gasteiger partial charge in [-0.2, -0.15) is 4.98 Å². The Balaban J connectivity index is 1.84. The van der Waals surface area contributed by atoms with Crippen LogP contribution >= 0.6 is 0 Å². The molecule has 3 aromatic rings. The highest BCUT2D eigenvalue weighted by molar-refractivity contribution is 5.74. The van der Waals surface area contributed by atoms with Gasteiger partial charge in [0, 0.05) is 0 Å². The zero-order valence-corrected chi connectivity index (χ0v) is 12.7. The zero-order chi connectivity index (χ0) is 16.2. The van der Waals surface area contributed by atoms with Gasteiger partial charge in [0.2, 0.25) is 0 Å². The molecule has 0 amide bonds. The number of rotatable bonds is 5. The summed E-state index contributed by atoms with van der Waals surface area (Å²) >= 11 is 0. The zero-order valence-electron chi connectivity index (χ0n) is 12.7. The fourth-order valence-electron chi connectivity index (χ4n) is 2.03. The second-order valence-corrected chi connectivity index (χ2v) is 4.78. The molecule has 1 heterocycles. The van der Waals surface area contributed by atoms with Gasteiger partial charge in [-0.3, -0.25) is 0 Å². The predicted molar refractivity (Wildman–Crippen MR) is 82.6 cm³/mol. The van der Waals surface area contributed by atoms with Crippen molar-refractivity contribution in [2.75, 3.05) is 7.11 Å². The van der Waals surface area contributed by atoms with E-state index in [9.17, 15) is 4.79 Å². The summed E-state index contributed by atoms with van der Waals surface area (Å²) in [6.07, 6.45) is -0.652. The number of aromatic nitrogens is 1. The number of hydrogen-bond donors (Lipinski definition) is 0. The molecule has 6 nitrogen and oxygen atoms in total. The van der Waals surface area contributed by atoms with Crippen molar-refractivity contribution in [3.8, 4) is 17.6 Å². The van der Waals surface area contributed by atoms with Crippen LogP contribution in [0.1, 0.15) is 6.92 Å². The summed E-state index contributed by atoms with van der Waals surface area (Å²) in [4.78, 5) is 15.7. The molecule has 3 rings (SSSR count). The first kappa shape index (κ1) is 14.9. The first-order valence-corrected chi connectivity index (χ1v) is 7.04. The van der Waals surface area contributed by atoms with Crippen molar-refractivity contribution in [2.24, 2.45) is 0 Å². The summed E-state index contributed by atoms with van der Waals surface area (Å²) in [6, 6.07) is 14.3. The number of methoxy groups -OCH3 is 1. The van der Waals surface area contributed by atoms with Crippen LogP contribution in [0.5, 0.6) is 17.6 Å². The van der Waals surface area contributed by atoms with E-state index in [1.165, 1.54) is 7.11 Å². The molecule has 6 heteroatoms. The smallest absolute Gasteiger partial charge is 0.400 e. The molecule has 0 N–H and O–H groups in total. The summed E-state index contributed by atoms with van der Waals surface area (Å²) in [5.74, 6) is 0.323. The molecule has 0 aliphatic carbocycles. The molecule has 0 radical (unpaired) electrons. The Bertz CT molecular complexity index is 793. The van der Waals surface area contributed by atoms with E-state index in [2.05, 4.69) is 9.72 Å². The predicted octanol–water partition coefficient (Wildman–Crippen LogP) is 3.56. The van der Waals surface area contributed by atoms with E-state index in [0.29, 0.717) is 22.6 Å². The summed E-state index contributed by atoms with van der Waals surface area (Å²) < 4.78 is 21.4. The molecular formula is C17H15NO5. The molecular weight excluding hydrogens is 298 g/mol. The number of nitrogens with zero attached hydrogens (tertiary/aromatic N) is 1. The van der Waals surface area contributed by atoms with Crippen LogP contribution in [0.3, 0.4) is 0 Å². The minimum absolute atomic E-state index is 0.105. The lowest BCUT2D eigenvalue weighted by molar-refractivity contribution is -0.147. The van der Waals surface area contributed by atoms with Crippen LogP contribution in [0, 0.1) is 0 Å². The molecule has 0 spiro atoms. The van der Waals surface area contributed by atoms with E-state index in [1.807, 2.05) is 18.2 Å². The molecule has 0 bridgehead atoms. The Hall–Kier alpha value is -3.02. The maximum Gasteiger partial charge on any atom is 0.400 e. The SMILES string of the molecule is COC(=O)C(C)Oc1ccccc1Oc1nc2ccccc2o1. The maximum atomic E-state index is 11.5. The maximum absolute atomic E-state index is 11.5. The lowest BCUT2D eigenvalue weighted by Crippen LogP contribution is -2.25. The lowest BCUT2D eigenvalue weighted by Gasteiger charge is -2.14. The van der Waals surface area contributed by atoms with Crippen LogP contribution in [0.2, 0.25) is 0 Å². The van der Waals surface area contributed by atoms with Crippen LogP contribution in [-0.2, 0) is 9.53 Å². The molecule has 1 aromatic heterocycles. The Morgan fingerprint density at radius 2 is 1.78 bits per heavy atom. The highest BCUT2D eigenvalue weighted by atomic mass is 16.6. The molecule has 1 atom stereocenters. The Kier molecular flexibility index (Phi) is 4.14. The fourth-order valence-corrected chi connectivity index (χ4v) is 2.03. The average molecular weight is 313 g/mol. The number of oxazole rings is 1. The van der Waals surface area contributed by atoms with Crippen molar-refractivity contribution in [2.45, 2.75) is 13.0 Å². The monoisotopic (exact) mass is 313 g/mol. The quantitative estimate of drug-likeness (QED) is 0.671. The van der Waals surface area contributed by atoms with Gasteiger partial charge >= 0.3 is 12.0 Å². The number of ether oxygens (including phenoxy) is 3. The largest absolute Gasteiger partial charge is 0.475 e. The molecule has 0 saturated carbocycles. The summed E-state index contributed by atoms with van der Waals surface area (Å²) in [5, 5.41) is 0. The Labute approximate surface area is 132 Å². The molecule has 23 heavy (non-hydrogen) atoms. The highest BCUT2D eigenvalue weighted by Gasteiger charge is 2.18. The molecule has 0 aliphatic rings. The average Bonchev–Trinajstić information content (AvgIpc) is 2.98. The molecule has 0 saturated heterocycles. The molecule has 0 aliphatic heterocycles. The second kappa shape index (κ2) is 6.39. The van der Waals surface area contributed by atoms with Gasteiger partial charge < -0.3 is 18.6 Å². The van der Waals surface area contributed by atoms with E-state index < -0.39 is 12.1 Å².